The van der Waals surface area contributed by atoms with Crippen molar-refractivity contribution in [3.63, 3.8) is 0 Å². The number of aromatic nitrogens is 1. The maximum atomic E-state index is 13.4. The van der Waals surface area contributed by atoms with Crippen LogP contribution < -0.4 is 9.88 Å². The molecule has 4 heteroatoms. The minimum absolute atomic E-state index is 0.165. The van der Waals surface area contributed by atoms with E-state index in [4.69, 9.17) is 0 Å². The quantitative estimate of drug-likeness (QED) is 0.702. The number of fused-ring (bicyclic) bond motifs is 1. The zero-order chi connectivity index (χ0) is 19.8. The molecule has 28 heavy (non-hydrogen) atoms. The zero-order valence-corrected chi connectivity index (χ0v) is 16.1. The predicted octanol–water partition coefficient (Wildman–Crippen LogP) is 4.26. The van der Waals surface area contributed by atoms with Crippen LogP contribution in [0.4, 0.5) is 5.69 Å². The molecule has 4 nitrogen and oxygen atoms in total. The van der Waals surface area contributed by atoms with Crippen molar-refractivity contribution in [2.24, 2.45) is 0 Å². The first kappa shape index (κ1) is 17.9. The molecule has 0 bridgehead atoms. The topological polar surface area (TPSA) is 50.1 Å². The van der Waals surface area contributed by atoms with Crippen molar-refractivity contribution >= 4 is 23.0 Å². The molecule has 0 radical (unpaired) electrons. The third kappa shape index (κ3) is 3.03. The number of hydrogen-bond donors (Lipinski definition) is 1. The summed E-state index contributed by atoms with van der Waals surface area (Å²) in [5, 5.41) is 3.25. The molecule has 0 fully saturated rings. The van der Waals surface area contributed by atoms with Crippen molar-refractivity contribution < 1.29 is 14.2 Å². The molecule has 0 spiro atoms. The average molecular weight is 369 g/mol. The van der Waals surface area contributed by atoms with Gasteiger partial charge in [-0.25, -0.2) is 0 Å². The van der Waals surface area contributed by atoms with E-state index in [-0.39, 0.29) is 11.6 Å². The number of hydrogen-bond acceptors (Lipinski definition) is 3. The van der Waals surface area contributed by atoms with E-state index in [1.54, 1.807) is 28.8 Å². The van der Waals surface area contributed by atoms with Crippen molar-refractivity contribution in [1.29, 1.82) is 0 Å². The number of benzene rings is 2. The van der Waals surface area contributed by atoms with E-state index in [0.717, 1.165) is 22.4 Å². The van der Waals surface area contributed by atoms with E-state index in [9.17, 15) is 9.59 Å². The fourth-order valence-corrected chi connectivity index (χ4v) is 3.61. The summed E-state index contributed by atoms with van der Waals surface area (Å²) in [5.74, 6) is -0.346. The van der Waals surface area contributed by atoms with Gasteiger partial charge in [0.2, 0.25) is 5.78 Å². The van der Waals surface area contributed by atoms with Crippen LogP contribution in [0.15, 0.2) is 72.7 Å². The fraction of sp³-hybridized carbons (Fsp3) is 0.125. The molecule has 1 aromatic heterocycles. The van der Waals surface area contributed by atoms with Crippen LogP contribution in [0.1, 0.15) is 37.4 Å². The van der Waals surface area contributed by atoms with Gasteiger partial charge in [0.25, 0.3) is 11.5 Å². The standard InChI is InChI=1S/C24H20N2O2/c1-15-12-16(2)14-26(13-15)22-21(25-20-11-7-4-8-17(20)3)23(27)18-9-5-6-10-19(18)24(22)28/h4-14H,1-3H3/p+1. The lowest BCUT2D eigenvalue weighted by atomic mass is 9.89. The maximum Gasteiger partial charge on any atom is 0.286 e. The number of pyridine rings is 1. The summed E-state index contributed by atoms with van der Waals surface area (Å²) in [4.78, 5) is 26.7. The molecule has 0 atom stereocenters. The molecular formula is C24H21N2O2+. The van der Waals surface area contributed by atoms with Crippen molar-refractivity contribution in [2.45, 2.75) is 20.8 Å². The maximum absolute atomic E-state index is 13.4. The van der Waals surface area contributed by atoms with Gasteiger partial charge in [-0.3, -0.25) is 9.59 Å². The lowest BCUT2D eigenvalue weighted by Gasteiger charge is -2.19. The lowest BCUT2D eigenvalue weighted by Crippen LogP contribution is -2.42. The van der Waals surface area contributed by atoms with Crippen LogP contribution in [0.25, 0.3) is 5.70 Å². The highest BCUT2D eigenvalue weighted by molar-refractivity contribution is 6.36. The van der Waals surface area contributed by atoms with Crippen LogP contribution in [0.2, 0.25) is 0 Å². The minimum Gasteiger partial charge on any atom is -0.346 e. The van der Waals surface area contributed by atoms with Gasteiger partial charge < -0.3 is 5.32 Å². The number of carbonyl (C=O) groups excluding carboxylic acids is 2. The Labute approximate surface area is 164 Å². The Balaban J connectivity index is 1.97. The molecule has 1 aliphatic carbocycles. The van der Waals surface area contributed by atoms with Gasteiger partial charge in [-0.1, -0.05) is 42.5 Å². The number of Topliss-reactive ketones (excluding diaryl/α,β-unsaturated/α-hetero) is 2. The first-order chi connectivity index (χ1) is 13.5. The Bertz CT molecular complexity index is 1140. The molecule has 0 saturated heterocycles. The Kier molecular flexibility index (Phi) is 4.40. The number of anilines is 1. The third-order valence-corrected chi connectivity index (χ3v) is 4.90. The van der Waals surface area contributed by atoms with Crippen LogP contribution in [-0.2, 0) is 0 Å². The number of aryl methyl sites for hydroxylation is 3. The highest BCUT2D eigenvalue weighted by Crippen LogP contribution is 2.28. The highest BCUT2D eigenvalue weighted by atomic mass is 16.1. The second kappa shape index (κ2) is 6.89. The molecule has 2 aromatic carbocycles. The van der Waals surface area contributed by atoms with Gasteiger partial charge in [0.05, 0.1) is 0 Å². The third-order valence-electron chi connectivity index (χ3n) is 4.90. The summed E-state index contributed by atoms with van der Waals surface area (Å²) in [6, 6.07) is 16.7. The molecule has 1 heterocycles. The summed E-state index contributed by atoms with van der Waals surface area (Å²) in [5.41, 5.74) is 5.34. The molecular weight excluding hydrogens is 348 g/mol. The van der Waals surface area contributed by atoms with Crippen molar-refractivity contribution in [3.8, 4) is 0 Å². The molecule has 0 aliphatic heterocycles. The van der Waals surface area contributed by atoms with Gasteiger partial charge in [0.1, 0.15) is 0 Å². The molecule has 4 rings (SSSR count). The van der Waals surface area contributed by atoms with E-state index in [1.165, 1.54) is 0 Å². The second-order valence-electron chi connectivity index (χ2n) is 7.17. The SMILES string of the molecule is Cc1cc(C)c[n+](C2=C(Nc3ccccc3C)C(=O)c3ccccc3C2=O)c1. The van der Waals surface area contributed by atoms with Gasteiger partial charge >= 0.3 is 0 Å². The molecule has 3 aromatic rings. The Hall–Kier alpha value is -3.53. The van der Waals surface area contributed by atoms with E-state index < -0.39 is 0 Å². The molecule has 1 N–H and O–H groups in total. The number of ketones is 2. The fourth-order valence-electron chi connectivity index (χ4n) is 3.61. The Morgan fingerprint density at radius 2 is 1.32 bits per heavy atom. The van der Waals surface area contributed by atoms with E-state index in [2.05, 4.69) is 5.32 Å². The molecule has 1 aliphatic rings. The van der Waals surface area contributed by atoms with E-state index in [0.29, 0.717) is 22.5 Å². The summed E-state index contributed by atoms with van der Waals surface area (Å²) in [7, 11) is 0. The zero-order valence-electron chi connectivity index (χ0n) is 16.1. The number of carbonyl (C=O) groups is 2. The number of allylic oxidation sites excluding steroid dienone is 2. The molecule has 138 valence electrons. The van der Waals surface area contributed by atoms with Crippen LogP contribution in [0.5, 0.6) is 0 Å². The summed E-state index contributed by atoms with van der Waals surface area (Å²) in [6.45, 7) is 5.92. The second-order valence-corrected chi connectivity index (χ2v) is 7.17. The monoisotopic (exact) mass is 369 g/mol. The van der Waals surface area contributed by atoms with Crippen LogP contribution in [-0.4, -0.2) is 11.6 Å². The van der Waals surface area contributed by atoms with Crippen molar-refractivity contribution in [1.82, 2.24) is 0 Å². The smallest absolute Gasteiger partial charge is 0.286 e. The Morgan fingerprint density at radius 3 is 1.96 bits per heavy atom. The van der Waals surface area contributed by atoms with Crippen LogP contribution in [0, 0.1) is 20.8 Å². The van der Waals surface area contributed by atoms with Crippen LogP contribution >= 0.6 is 0 Å². The summed E-state index contributed by atoms with van der Waals surface area (Å²) in [6.07, 6.45) is 3.75. The van der Waals surface area contributed by atoms with Gasteiger partial charge in [-0.05, 0) is 38.5 Å². The molecule has 0 saturated carbocycles. The first-order valence-corrected chi connectivity index (χ1v) is 9.21. The van der Waals surface area contributed by atoms with Gasteiger partial charge in [0, 0.05) is 27.9 Å². The van der Waals surface area contributed by atoms with Crippen molar-refractivity contribution in [2.75, 3.05) is 5.32 Å². The van der Waals surface area contributed by atoms with Crippen LogP contribution in [0.3, 0.4) is 0 Å². The molecule has 0 unspecified atom stereocenters. The molecule has 0 amide bonds. The van der Waals surface area contributed by atoms with Gasteiger partial charge in [-0.2, -0.15) is 4.57 Å². The van der Waals surface area contributed by atoms with E-state index in [1.807, 2.05) is 63.5 Å². The Morgan fingerprint density at radius 1 is 0.750 bits per heavy atom. The minimum atomic E-state index is -0.180. The summed E-state index contributed by atoms with van der Waals surface area (Å²) >= 11 is 0. The number of nitrogens with zero attached hydrogens (tertiary/aromatic N) is 1. The lowest BCUT2D eigenvalue weighted by molar-refractivity contribution is -0.578. The first-order valence-electron chi connectivity index (χ1n) is 9.21. The van der Waals surface area contributed by atoms with Gasteiger partial charge in [-0.15, -0.1) is 0 Å². The van der Waals surface area contributed by atoms with E-state index >= 15 is 0 Å². The predicted molar refractivity (Wildman–Crippen MR) is 109 cm³/mol. The largest absolute Gasteiger partial charge is 0.346 e. The number of nitrogens with one attached hydrogen (secondary N) is 1. The summed E-state index contributed by atoms with van der Waals surface area (Å²) < 4.78 is 1.77. The highest BCUT2D eigenvalue weighted by Gasteiger charge is 2.38. The van der Waals surface area contributed by atoms with Gasteiger partial charge in [0.15, 0.2) is 18.1 Å². The average Bonchev–Trinajstić information content (AvgIpc) is 2.67. The normalized spacial score (nSPS) is 13.5. The number of rotatable bonds is 3. The van der Waals surface area contributed by atoms with Crippen molar-refractivity contribution in [3.05, 3.63) is 101 Å². The number of para-hydroxylation sites is 1.